The molecule has 0 spiro atoms. The van der Waals surface area contributed by atoms with Crippen LogP contribution in [0.3, 0.4) is 0 Å². The van der Waals surface area contributed by atoms with Crippen molar-refractivity contribution in [2.45, 2.75) is 23.8 Å². The van der Waals surface area contributed by atoms with E-state index in [0.717, 1.165) is 19.4 Å². The van der Waals surface area contributed by atoms with E-state index in [1.54, 1.807) is 6.07 Å². The van der Waals surface area contributed by atoms with Gasteiger partial charge in [0.25, 0.3) is 0 Å². The number of pyridine rings is 1. The smallest absolute Gasteiger partial charge is 0.242 e. The van der Waals surface area contributed by atoms with Crippen molar-refractivity contribution in [1.82, 2.24) is 20.3 Å². The fraction of sp³-hybridized carbons (Fsp3) is 0.500. The van der Waals surface area contributed by atoms with E-state index >= 15 is 0 Å². The average Bonchev–Trinajstić information content (AvgIpc) is 2.98. The quantitative estimate of drug-likeness (QED) is 0.617. The first kappa shape index (κ1) is 17.8. The third-order valence-corrected chi connectivity index (χ3v) is 4.48. The van der Waals surface area contributed by atoms with Crippen LogP contribution < -0.4 is 15.4 Å². The topological polar surface area (TPSA) is 100 Å². The standard InChI is InChI=1S/C12H18N4O3S.ClH/c17-12(11-4-2-6-14-11)15-7-8-16-20(18,19)10-3-1-5-13-9-10;/h1,3,5,9,11,14,16H,2,4,6-8H2,(H,15,17);1H. The summed E-state index contributed by atoms with van der Waals surface area (Å²) in [4.78, 5) is 15.6. The van der Waals surface area contributed by atoms with Crippen molar-refractivity contribution in [2.75, 3.05) is 19.6 Å². The van der Waals surface area contributed by atoms with Gasteiger partial charge in [-0.25, -0.2) is 13.1 Å². The molecule has 118 valence electrons. The molecule has 9 heteroatoms. The second-order valence-corrected chi connectivity index (χ2v) is 6.29. The number of nitrogens with one attached hydrogen (secondary N) is 3. The highest BCUT2D eigenvalue weighted by Gasteiger charge is 2.21. The summed E-state index contributed by atoms with van der Waals surface area (Å²) >= 11 is 0. The Morgan fingerprint density at radius 3 is 2.86 bits per heavy atom. The minimum Gasteiger partial charge on any atom is -0.353 e. The number of carbonyl (C=O) groups is 1. The van der Waals surface area contributed by atoms with Crippen LogP contribution >= 0.6 is 12.4 Å². The number of sulfonamides is 1. The van der Waals surface area contributed by atoms with Crippen LogP contribution in [0.4, 0.5) is 0 Å². The lowest BCUT2D eigenvalue weighted by atomic mass is 10.2. The van der Waals surface area contributed by atoms with Crippen LogP contribution in [0.2, 0.25) is 0 Å². The molecule has 2 heterocycles. The van der Waals surface area contributed by atoms with Crippen molar-refractivity contribution in [3.8, 4) is 0 Å². The van der Waals surface area contributed by atoms with Crippen LogP contribution in [-0.2, 0) is 14.8 Å². The van der Waals surface area contributed by atoms with E-state index in [0.29, 0.717) is 0 Å². The number of amides is 1. The zero-order valence-corrected chi connectivity index (χ0v) is 13.0. The Bertz CT molecular complexity index is 547. The van der Waals surface area contributed by atoms with E-state index in [9.17, 15) is 13.2 Å². The summed E-state index contributed by atoms with van der Waals surface area (Å²) in [6, 6.07) is 2.88. The first-order valence-electron chi connectivity index (χ1n) is 6.50. The minimum atomic E-state index is -3.56. The fourth-order valence-corrected chi connectivity index (χ4v) is 2.99. The summed E-state index contributed by atoms with van der Waals surface area (Å²) in [5.74, 6) is -0.0805. The van der Waals surface area contributed by atoms with Gasteiger partial charge in [0.2, 0.25) is 15.9 Å². The van der Waals surface area contributed by atoms with Crippen LogP contribution in [0.15, 0.2) is 29.4 Å². The monoisotopic (exact) mass is 334 g/mol. The van der Waals surface area contributed by atoms with Crippen LogP contribution in [0.5, 0.6) is 0 Å². The molecule has 0 aromatic carbocycles. The molecular weight excluding hydrogens is 316 g/mol. The van der Waals surface area contributed by atoms with Gasteiger partial charge in [-0.1, -0.05) is 0 Å². The molecule has 1 aliphatic rings. The molecule has 3 N–H and O–H groups in total. The first-order chi connectivity index (χ1) is 9.59. The lowest BCUT2D eigenvalue weighted by Crippen LogP contribution is -2.43. The molecule has 1 unspecified atom stereocenters. The summed E-state index contributed by atoms with van der Waals surface area (Å²) in [7, 11) is -3.56. The highest BCUT2D eigenvalue weighted by Crippen LogP contribution is 2.05. The predicted octanol–water partition coefficient (Wildman–Crippen LogP) is -0.350. The number of carbonyl (C=O) groups excluding carboxylic acids is 1. The molecule has 1 aromatic heterocycles. The lowest BCUT2D eigenvalue weighted by molar-refractivity contribution is -0.122. The van der Waals surface area contributed by atoms with Crippen LogP contribution in [-0.4, -0.2) is 45.0 Å². The van der Waals surface area contributed by atoms with Crippen molar-refractivity contribution in [2.24, 2.45) is 0 Å². The van der Waals surface area contributed by atoms with Crippen LogP contribution in [0.1, 0.15) is 12.8 Å². The molecule has 1 aliphatic heterocycles. The van der Waals surface area contributed by atoms with Gasteiger partial charge < -0.3 is 10.6 Å². The summed E-state index contributed by atoms with van der Waals surface area (Å²) in [5, 5.41) is 5.79. The molecule has 1 amide bonds. The Morgan fingerprint density at radius 1 is 1.43 bits per heavy atom. The maximum atomic E-state index is 11.9. The van der Waals surface area contributed by atoms with Gasteiger partial charge in [-0.2, -0.15) is 0 Å². The summed E-state index contributed by atoms with van der Waals surface area (Å²) in [6.07, 6.45) is 4.61. The summed E-state index contributed by atoms with van der Waals surface area (Å²) in [5.41, 5.74) is 0. The van der Waals surface area contributed by atoms with Crippen molar-refractivity contribution in [1.29, 1.82) is 0 Å². The summed E-state index contributed by atoms with van der Waals surface area (Å²) < 4.78 is 26.1. The van der Waals surface area contributed by atoms with Gasteiger partial charge >= 0.3 is 0 Å². The number of rotatable bonds is 6. The molecule has 1 atom stereocenters. The number of hydrogen-bond acceptors (Lipinski definition) is 5. The molecule has 7 nitrogen and oxygen atoms in total. The van der Waals surface area contributed by atoms with Gasteiger partial charge in [0.15, 0.2) is 0 Å². The Morgan fingerprint density at radius 2 is 2.24 bits per heavy atom. The fourth-order valence-electron chi connectivity index (χ4n) is 1.99. The van der Waals surface area contributed by atoms with Gasteiger partial charge in [-0.15, -0.1) is 12.4 Å². The second-order valence-electron chi connectivity index (χ2n) is 4.53. The SMILES string of the molecule is Cl.O=C(NCCNS(=O)(=O)c1cccnc1)C1CCCN1. The Hall–Kier alpha value is -1.22. The minimum absolute atomic E-state index is 0. The van der Waals surface area contributed by atoms with Crippen molar-refractivity contribution in [3.05, 3.63) is 24.5 Å². The number of aromatic nitrogens is 1. The van der Waals surface area contributed by atoms with Crippen molar-refractivity contribution in [3.63, 3.8) is 0 Å². The molecule has 1 saturated heterocycles. The summed E-state index contributed by atoms with van der Waals surface area (Å²) in [6.45, 7) is 1.26. The largest absolute Gasteiger partial charge is 0.353 e. The Balaban J connectivity index is 0.00000220. The van der Waals surface area contributed by atoms with Gasteiger partial charge in [-0.3, -0.25) is 9.78 Å². The van der Waals surface area contributed by atoms with Crippen LogP contribution in [0, 0.1) is 0 Å². The third-order valence-electron chi connectivity index (χ3n) is 3.04. The molecule has 0 radical (unpaired) electrons. The molecule has 2 rings (SSSR count). The van der Waals surface area contributed by atoms with E-state index < -0.39 is 10.0 Å². The molecule has 0 bridgehead atoms. The molecular formula is C12H19ClN4O3S. The van der Waals surface area contributed by atoms with E-state index in [2.05, 4.69) is 20.3 Å². The highest BCUT2D eigenvalue weighted by molar-refractivity contribution is 7.89. The number of hydrogen-bond donors (Lipinski definition) is 3. The number of halogens is 1. The predicted molar refractivity (Wildman–Crippen MR) is 80.7 cm³/mol. The zero-order chi connectivity index (χ0) is 14.4. The van der Waals surface area contributed by atoms with Gasteiger partial charge in [0.05, 0.1) is 6.04 Å². The van der Waals surface area contributed by atoms with Crippen LogP contribution in [0.25, 0.3) is 0 Å². The maximum Gasteiger partial charge on any atom is 0.242 e. The highest BCUT2D eigenvalue weighted by atomic mass is 35.5. The maximum absolute atomic E-state index is 11.9. The molecule has 0 saturated carbocycles. The Kier molecular flexibility index (Phi) is 7.03. The van der Waals surface area contributed by atoms with Crippen molar-refractivity contribution >= 4 is 28.3 Å². The van der Waals surface area contributed by atoms with Gasteiger partial charge in [0, 0.05) is 25.5 Å². The van der Waals surface area contributed by atoms with E-state index in [4.69, 9.17) is 0 Å². The second kappa shape index (κ2) is 8.28. The third kappa shape index (κ3) is 5.24. The van der Waals surface area contributed by atoms with Gasteiger partial charge in [0.1, 0.15) is 4.90 Å². The molecule has 0 aliphatic carbocycles. The average molecular weight is 335 g/mol. The number of nitrogens with zero attached hydrogens (tertiary/aromatic N) is 1. The normalized spacial score (nSPS) is 18.0. The molecule has 21 heavy (non-hydrogen) atoms. The van der Waals surface area contributed by atoms with Gasteiger partial charge in [-0.05, 0) is 31.5 Å². The first-order valence-corrected chi connectivity index (χ1v) is 7.99. The van der Waals surface area contributed by atoms with E-state index in [-0.39, 0.29) is 42.3 Å². The molecule has 1 aromatic rings. The molecule has 1 fully saturated rings. The van der Waals surface area contributed by atoms with Crippen molar-refractivity contribution < 1.29 is 13.2 Å². The van der Waals surface area contributed by atoms with E-state index in [1.165, 1.54) is 18.5 Å². The zero-order valence-electron chi connectivity index (χ0n) is 11.4. The van der Waals surface area contributed by atoms with E-state index in [1.807, 2.05) is 0 Å². The Labute approximate surface area is 130 Å². The lowest BCUT2D eigenvalue weighted by Gasteiger charge is -2.11.